The van der Waals surface area contributed by atoms with Gasteiger partial charge in [-0.25, -0.2) is 14.6 Å². The van der Waals surface area contributed by atoms with E-state index in [1.807, 2.05) is 72.8 Å². The standard InChI is InChI=1S/C34H39N5O8/c1-21-30(37-34(43)46-21)31(41)38-39(18-23-10-12-24(13-11-23)26-9-5-6-15-35-26)19-28(40)27(17-22-7-3-2-4-8-22)36-33(42)47-29-20-45-32-25(29)14-16-44-32/h2-13,15,21,25,27-30,32,40H,14,16-20H2,1H3,(H,36,42)(H,37,43)(H,38,41)/t21-,25+,27+,28+,29+,30+,32-/m1/s1. The number of carbonyl (C=O) groups is 3. The summed E-state index contributed by atoms with van der Waals surface area (Å²) >= 11 is 0. The van der Waals surface area contributed by atoms with Crippen LogP contribution in [0.4, 0.5) is 9.59 Å². The van der Waals surface area contributed by atoms with Crippen LogP contribution in [0.25, 0.3) is 11.3 Å². The molecule has 3 aliphatic rings. The first-order valence-electron chi connectivity index (χ1n) is 15.8. The average Bonchev–Trinajstić information content (AvgIpc) is 3.79. The maximum absolute atomic E-state index is 13.3. The van der Waals surface area contributed by atoms with E-state index in [0.717, 1.165) is 28.8 Å². The zero-order valence-corrected chi connectivity index (χ0v) is 26.0. The summed E-state index contributed by atoms with van der Waals surface area (Å²) in [5.41, 5.74) is 6.34. The molecule has 13 nitrogen and oxygen atoms in total. The molecule has 3 aromatic rings. The van der Waals surface area contributed by atoms with Crippen molar-refractivity contribution in [1.29, 1.82) is 0 Å². The maximum atomic E-state index is 13.3. The highest BCUT2D eigenvalue weighted by atomic mass is 16.7. The number of hydrogen-bond donors (Lipinski definition) is 4. The first kappa shape index (κ1) is 32.4. The Morgan fingerprint density at radius 2 is 1.85 bits per heavy atom. The number of cyclic esters (lactones) is 1. The normalized spacial score (nSPS) is 24.6. The molecule has 0 saturated carbocycles. The van der Waals surface area contributed by atoms with E-state index >= 15 is 0 Å². The van der Waals surface area contributed by atoms with Gasteiger partial charge < -0.3 is 34.7 Å². The van der Waals surface area contributed by atoms with Gasteiger partial charge in [0.2, 0.25) is 0 Å². The van der Waals surface area contributed by atoms with Gasteiger partial charge in [0.05, 0.1) is 37.0 Å². The van der Waals surface area contributed by atoms with Crippen molar-refractivity contribution in [2.45, 2.75) is 63.0 Å². The Kier molecular flexibility index (Phi) is 10.3. The van der Waals surface area contributed by atoms with E-state index in [1.165, 1.54) is 0 Å². The number of alkyl carbamates (subject to hydrolysis) is 2. The van der Waals surface area contributed by atoms with Crippen molar-refractivity contribution in [3.63, 3.8) is 0 Å². The third kappa shape index (κ3) is 8.24. The quantitative estimate of drug-likeness (QED) is 0.216. The highest BCUT2D eigenvalue weighted by Gasteiger charge is 2.44. The van der Waals surface area contributed by atoms with E-state index in [0.29, 0.717) is 13.0 Å². The fraction of sp³-hybridized carbons (Fsp3) is 0.412. The molecular formula is C34H39N5O8. The van der Waals surface area contributed by atoms with Crippen LogP contribution in [0.1, 0.15) is 24.5 Å². The summed E-state index contributed by atoms with van der Waals surface area (Å²) in [5, 5.41) is 18.6. The summed E-state index contributed by atoms with van der Waals surface area (Å²) in [7, 11) is 0. The Labute approximate surface area is 272 Å². The third-order valence-electron chi connectivity index (χ3n) is 8.59. The largest absolute Gasteiger partial charge is 0.444 e. The Morgan fingerprint density at radius 3 is 2.57 bits per heavy atom. The molecule has 4 heterocycles. The van der Waals surface area contributed by atoms with Crippen LogP contribution in [0.15, 0.2) is 79.0 Å². The van der Waals surface area contributed by atoms with E-state index in [9.17, 15) is 19.5 Å². The van der Waals surface area contributed by atoms with Gasteiger partial charge in [-0.3, -0.25) is 15.2 Å². The second-order valence-corrected chi connectivity index (χ2v) is 12.0. The van der Waals surface area contributed by atoms with Crippen molar-refractivity contribution in [2.75, 3.05) is 19.8 Å². The van der Waals surface area contributed by atoms with Gasteiger partial charge in [0.15, 0.2) is 6.29 Å². The molecule has 3 amide bonds. The molecule has 0 spiro atoms. The van der Waals surface area contributed by atoms with E-state index in [2.05, 4.69) is 21.0 Å². The van der Waals surface area contributed by atoms with Crippen LogP contribution < -0.4 is 16.1 Å². The fourth-order valence-electron chi connectivity index (χ4n) is 6.08. The Bertz CT molecular complexity index is 1510. The number of hydrogen-bond acceptors (Lipinski definition) is 10. The molecule has 0 radical (unpaired) electrons. The number of benzene rings is 2. The first-order chi connectivity index (χ1) is 22.8. The van der Waals surface area contributed by atoms with Gasteiger partial charge in [0.25, 0.3) is 5.91 Å². The minimum absolute atomic E-state index is 0.0320. The van der Waals surface area contributed by atoms with E-state index in [1.54, 1.807) is 18.1 Å². The van der Waals surface area contributed by atoms with Crippen LogP contribution in [0.2, 0.25) is 0 Å². The van der Waals surface area contributed by atoms with Crippen molar-refractivity contribution in [3.8, 4) is 11.3 Å². The number of nitrogens with zero attached hydrogens (tertiary/aromatic N) is 2. The molecule has 248 valence electrons. The SMILES string of the molecule is C[C@H]1OC(=O)N[C@@H]1C(=O)NN(Cc1ccc(-c2ccccn2)cc1)C[C@H](O)[C@H](Cc1ccccc1)NC(=O)O[C@H]1CO[C@H]2OCC[C@H]21. The molecule has 3 fully saturated rings. The number of hydrazine groups is 1. The van der Waals surface area contributed by atoms with Gasteiger partial charge in [0.1, 0.15) is 18.2 Å². The number of aromatic nitrogens is 1. The van der Waals surface area contributed by atoms with Crippen molar-refractivity contribution >= 4 is 18.1 Å². The predicted molar refractivity (Wildman–Crippen MR) is 168 cm³/mol. The molecule has 2 aromatic carbocycles. The lowest BCUT2D eigenvalue weighted by Gasteiger charge is -2.31. The summed E-state index contributed by atoms with van der Waals surface area (Å²) in [6, 6.07) is 21.2. The van der Waals surface area contributed by atoms with Crippen molar-refractivity contribution < 1.29 is 38.4 Å². The number of rotatable bonds is 12. The summed E-state index contributed by atoms with van der Waals surface area (Å²) in [6.45, 7) is 2.57. The van der Waals surface area contributed by atoms with Crippen LogP contribution in [0.5, 0.6) is 0 Å². The lowest BCUT2D eigenvalue weighted by molar-refractivity contribution is -0.129. The van der Waals surface area contributed by atoms with Gasteiger partial charge in [-0.15, -0.1) is 0 Å². The number of ether oxygens (including phenoxy) is 4. The Hall–Kier alpha value is -4.56. The van der Waals surface area contributed by atoms with E-state index < -0.39 is 48.5 Å². The highest BCUT2D eigenvalue weighted by molar-refractivity contribution is 5.88. The third-order valence-corrected chi connectivity index (χ3v) is 8.59. The number of carbonyl (C=O) groups excluding carboxylic acids is 3. The van der Waals surface area contributed by atoms with Crippen LogP contribution in [0, 0.1) is 5.92 Å². The van der Waals surface area contributed by atoms with Crippen LogP contribution in [-0.2, 0) is 36.7 Å². The number of pyridine rings is 1. The van der Waals surface area contributed by atoms with Crippen molar-refractivity contribution in [1.82, 2.24) is 26.1 Å². The molecule has 3 aliphatic heterocycles. The Balaban J connectivity index is 1.18. The second-order valence-electron chi connectivity index (χ2n) is 12.0. The molecule has 4 N–H and O–H groups in total. The van der Waals surface area contributed by atoms with Gasteiger partial charge in [0, 0.05) is 24.8 Å². The van der Waals surface area contributed by atoms with Gasteiger partial charge >= 0.3 is 12.2 Å². The zero-order chi connectivity index (χ0) is 32.8. The van der Waals surface area contributed by atoms with Crippen molar-refractivity contribution in [3.05, 3.63) is 90.1 Å². The number of amides is 3. The topological polar surface area (TPSA) is 161 Å². The lowest BCUT2D eigenvalue weighted by Crippen LogP contribution is -2.56. The number of aliphatic hydroxyl groups excluding tert-OH is 1. The van der Waals surface area contributed by atoms with Gasteiger partial charge in [-0.1, -0.05) is 60.7 Å². The summed E-state index contributed by atoms with van der Waals surface area (Å²) in [6.07, 6.45) is -1.23. The minimum Gasteiger partial charge on any atom is -0.444 e. The summed E-state index contributed by atoms with van der Waals surface area (Å²) < 4.78 is 22.0. The maximum Gasteiger partial charge on any atom is 0.408 e. The molecule has 0 aliphatic carbocycles. The van der Waals surface area contributed by atoms with Gasteiger partial charge in [-0.2, -0.15) is 0 Å². The molecular weight excluding hydrogens is 606 g/mol. The molecule has 1 aromatic heterocycles. The van der Waals surface area contributed by atoms with Crippen LogP contribution in [-0.4, -0.2) is 89.6 Å². The molecule has 6 rings (SSSR count). The summed E-state index contributed by atoms with van der Waals surface area (Å²) in [5.74, 6) is -0.530. The van der Waals surface area contributed by atoms with Gasteiger partial charge in [-0.05, 0) is 43.0 Å². The summed E-state index contributed by atoms with van der Waals surface area (Å²) in [4.78, 5) is 42.6. The molecule has 0 unspecified atom stereocenters. The fourth-order valence-corrected chi connectivity index (χ4v) is 6.08. The van der Waals surface area contributed by atoms with E-state index in [-0.39, 0.29) is 31.9 Å². The lowest BCUT2D eigenvalue weighted by atomic mass is 10.0. The molecule has 47 heavy (non-hydrogen) atoms. The number of aliphatic hydroxyl groups is 1. The first-order valence-corrected chi connectivity index (χ1v) is 15.8. The second kappa shape index (κ2) is 14.9. The number of nitrogens with one attached hydrogen (secondary N) is 3. The van der Waals surface area contributed by atoms with Crippen LogP contribution >= 0.6 is 0 Å². The van der Waals surface area contributed by atoms with E-state index in [4.69, 9.17) is 18.9 Å². The number of fused-ring (bicyclic) bond motifs is 1. The smallest absolute Gasteiger partial charge is 0.408 e. The zero-order valence-electron chi connectivity index (χ0n) is 26.0. The molecule has 3 saturated heterocycles. The molecule has 7 atom stereocenters. The highest BCUT2D eigenvalue weighted by Crippen LogP contribution is 2.33. The average molecular weight is 646 g/mol. The molecule has 0 bridgehead atoms. The molecule has 13 heteroatoms. The monoisotopic (exact) mass is 645 g/mol. The van der Waals surface area contributed by atoms with Crippen molar-refractivity contribution in [2.24, 2.45) is 5.92 Å². The Morgan fingerprint density at radius 1 is 1.06 bits per heavy atom. The minimum atomic E-state index is -1.15. The predicted octanol–water partition coefficient (Wildman–Crippen LogP) is 2.54. The van der Waals surface area contributed by atoms with Crippen LogP contribution in [0.3, 0.4) is 0 Å².